The molecule has 1 heterocycles. The molecule has 0 aliphatic carbocycles. The lowest BCUT2D eigenvalue weighted by molar-refractivity contribution is 0.0740. The van der Waals surface area contributed by atoms with E-state index in [9.17, 15) is 4.79 Å². The molecule has 23 heavy (non-hydrogen) atoms. The molecule has 3 heteroatoms. The molecule has 1 amide bonds. The maximum absolute atomic E-state index is 12.8. The Balaban J connectivity index is 2.09. The molecule has 0 atom stereocenters. The lowest BCUT2D eigenvalue weighted by atomic mass is 10.1. The third kappa shape index (κ3) is 4.72. The number of carbonyl (C=O) groups is 1. The second kappa shape index (κ2) is 8.56. The second-order valence-electron chi connectivity index (χ2n) is 6.14. The van der Waals surface area contributed by atoms with Gasteiger partial charge in [0.15, 0.2) is 0 Å². The molecule has 0 bridgehead atoms. The van der Waals surface area contributed by atoms with Crippen LogP contribution in [-0.2, 0) is 20.0 Å². The third-order valence-corrected chi connectivity index (χ3v) is 4.20. The number of carbonyl (C=O) groups excluding carboxylic acids is 1. The van der Waals surface area contributed by atoms with E-state index in [2.05, 4.69) is 36.6 Å². The number of benzene rings is 1. The predicted molar refractivity (Wildman–Crippen MR) is 95.5 cm³/mol. The summed E-state index contributed by atoms with van der Waals surface area (Å²) in [5.41, 5.74) is 3.26. The maximum Gasteiger partial charge on any atom is 0.254 e. The minimum atomic E-state index is 0.120. The van der Waals surface area contributed by atoms with E-state index in [1.807, 2.05) is 36.3 Å². The van der Waals surface area contributed by atoms with Crippen molar-refractivity contribution < 1.29 is 4.79 Å². The first kappa shape index (κ1) is 17.3. The largest absolute Gasteiger partial charge is 0.353 e. The van der Waals surface area contributed by atoms with Gasteiger partial charge in [-0.25, -0.2) is 0 Å². The van der Waals surface area contributed by atoms with Crippen molar-refractivity contribution in [2.75, 3.05) is 6.54 Å². The van der Waals surface area contributed by atoms with Crippen LogP contribution in [-0.4, -0.2) is 21.9 Å². The van der Waals surface area contributed by atoms with Crippen molar-refractivity contribution in [1.82, 2.24) is 9.47 Å². The molecule has 0 radical (unpaired) electrons. The van der Waals surface area contributed by atoms with E-state index in [1.54, 1.807) is 0 Å². The maximum atomic E-state index is 12.8. The normalized spacial score (nSPS) is 10.7. The van der Waals surface area contributed by atoms with E-state index in [0.29, 0.717) is 6.54 Å². The molecule has 0 fully saturated rings. The molecule has 2 aromatic rings. The third-order valence-electron chi connectivity index (χ3n) is 4.20. The molecule has 0 spiro atoms. The molecule has 0 saturated heterocycles. The van der Waals surface area contributed by atoms with Gasteiger partial charge in [-0.1, -0.05) is 32.4 Å². The number of aryl methyl sites for hydroxylation is 2. The fraction of sp³-hybridized carbons (Fsp3) is 0.450. The number of amides is 1. The monoisotopic (exact) mass is 312 g/mol. The van der Waals surface area contributed by atoms with E-state index in [0.717, 1.165) is 30.6 Å². The Labute approximate surface area is 139 Å². The van der Waals surface area contributed by atoms with Gasteiger partial charge in [0.2, 0.25) is 0 Å². The van der Waals surface area contributed by atoms with Gasteiger partial charge in [0.25, 0.3) is 5.91 Å². The molecule has 2 rings (SSSR count). The first-order valence-electron chi connectivity index (χ1n) is 8.64. The van der Waals surface area contributed by atoms with Crippen LogP contribution in [0.1, 0.15) is 54.7 Å². The summed E-state index contributed by atoms with van der Waals surface area (Å²) < 4.78 is 2.07. The molecular formula is C20H28N2O. The van der Waals surface area contributed by atoms with E-state index in [-0.39, 0.29) is 5.91 Å². The standard InChI is InChI=1S/C20H28N2O/c1-4-6-8-17-10-12-18(13-11-17)20(23)22(14-5-2)16-19-9-7-15-21(19)3/h7,9-13,15H,4-6,8,14,16H2,1-3H3. The number of hydrogen-bond acceptors (Lipinski definition) is 1. The van der Waals surface area contributed by atoms with Crippen molar-refractivity contribution in [1.29, 1.82) is 0 Å². The average molecular weight is 312 g/mol. The molecule has 124 valence electrons. The molecule has 1 aromatic carbocycles. The zero-order valence-electron chi connectivity index (χ0n) is 14.6. The van der Waals surface area contributed by atoms with Crippen LogP contribution in [0.2, 0.25) is 0 Å². The highest BCUT2D eigenvalue weighted by molar-refractivity contribution is 5.94. The summed E-state index contributed by atoms with van der Waals surface area (Å²) >= 11 is 0. The Morgan fingerprint density at radius 3 is 2.39 bits per heavy atom. The molecule has 0 saturated carbocycles. The van der Waals surface area contributed by atoms with Crippen molar-refractivity contribution in [3.63, 3.8) is 0 Å². The second-order valence-corrected chi connectivity index (χ2v) is 6.14. The van der Waals surface area contributed by atoms with E-state index in [1.165, 1.54) is 18.4 Å². The highest BCUT2D eigenvalue weighted by Gasteiger charge is 2.16. The average Bonchev–Trinajstić information content (AvgIpc) is 2.97. The summed E-state index contributed by atoms with van der Waals surface area (Å²) in [5.74, 6) is 0.120. The molecule has 0 N–H and O–H groups in total. The summed E-state index contributed by atoms with van der Waals surface area (Å²) in [4.78, 5) is 14.8. The minimum Gasteiger partial charge on any atom is -0.353 e. The Bertz CT molecular complexity index is 613. The van der Waals surface area contributed by atoms with Gasteiger partial charge < -0.3 is 9.47 Å². The van der Waals surface area contributed by atoms with Crippen LogP contribution in [0.3, 0.4) is 0 Å². The Morgan fingerprint density at radius 2 is 1.83 bits per heavy atom. The van der Waals surface area contributed by atoms with Gasteiger partial charge in [-0.15, -0.1) is 0 Å². The molecule has 0 aliphatic rings. The molecule has 0 aliphatic heterocycles. The van der Waals surface area contributed by atoms with Crippen LogP contribution in [0.25, 0.3) is 0 Å². The predicted octanol–water partition coefficient (Wildman–Crippen LogP) is 4.42. The van der Waals surface area contributed by atoms with Crippen LogP contribution >= 0.6 is 0 Å². The summed E-state index contributed by atoms with van der Waals surface area (Å²) in [6, 6.07) is 12.2. The quantitative estimate of drug-likeness (QED) is 0.708. The number of rotatable bonds is 8. The number of unbranched alkanes of at least 4 members (excludes halogenated alkanes) is 1. The molecule has 3 nitrogen and oxygen atoms in total. The smallest absolute Gasteiger partial charge is 0.254 e. The van der Waals surface area contributed by atoms with Gasteiger partial charge in [-0.3, -0.25) is 4.79 Å². The Kier molecular flexibility index (Phi) is 6.45. The van der Waals surface area contributed by atoms with Crippen LogP contribution in [0.4, 0.5) is 0 Å². The lowest BCUT2D eigenvalue weighted by Crippen LogP contribution is -2.32. The lowest BCUT2D eigenvalue weighted by Gasteiger charge is -2.22. The van der Waals surface area contributed by atoms with Crippen molar-refractivity contribution in [3.8, 4) is 0 Å². The first-order valence-corrected chi connectivity index (χ1v) is 8.64. The van der Waals surface area contributed by atoms with Gasteiger partial charge >= 0.3 is 0 Å². The number of nitrogens with zero attached hydrogens (tertiary/aromatic N) is 2. The summed E-state index contributed by atoms with van der Waals surface area (Å²) in [5, 5.41) is 0. The minimum absolute atomic E-state index is 0.120. The van der Waals surface area contributed by atoms with Gasteiger partial charge in [0.1, 0.15) is 0 Å². The number of hydrogen-bond donors (Lipinski definition) is 0. The molecular weight excluding hydrogens is 284 g/mol. The molecule has 1 aromatic heterocycles. The number of aromatic nitrogens is 1. The van der Waals surface area contributed by atoms with E-state index < -0.39 is 0 Å². The summed E-state index contributed by atoms with van der Waals surface area (Å²) in [7, 11) is 2.02. The zero-order valence-corrected chi connectivity index (χ0v) is 14.6. The van der Waals surface area contributed by atoms with E-state index in [4.69, 9.17) is 0 Å². The van der Waals surface area contributed by atoms with Crippen LogP contribution in [0.15, 0.2) is 42.6 Å². The highest BCUT2D eigenvalue weighted by Crippen LogP contribution is 2.13. The Hall–Kier alpha value is -2.03. The van der Waals surface area contributed by atoms with E-state index >= 15 is 0 Å². The Morgan fingerprint density at radius 1 is 1.09 bits per heavy atom. The zero-order chi connectivity index (χ0) is 16.7. The van der Waals surface area contributed by atoms with Crippen molar-refractivity contribution in [3.05, 3.63) is 59.4 Å². The molecule has 0 unspecified atom stereocenters. The van der Waals surface area contributed by atoms with Crippen LogP contribution in [0.5, 0.6) is 0 Å². The van der Waals surface area contributed by atoms with Crippen molar-refractivity contribution in [2.45, 2.75) is 46.1 Å². The topological polar surface area (TPSA) is 25.2 Å². The van der Waals surface area contributed by atoms with Gasteiger partial charge in [-0.2, -0.15) is 0 Å². The van der Waals surface area contributed by atoms with Gasteiger partial charge in [0, 0.05) is 31.0 Å². The SMILES string of the molecule is CCCCc1ccc(C(=O)N(CCC)Cc2cccn2C)cc1. The summed E-state index contributed by atoms with van der Waals surface area (Å²) in [6.45, 7) is 5.75. The van der Waals surface area contributed by atoms with Gasteiger partial charge in [-0.05, 0) is 49.1 Å². The fourth-order valence-corrected chi connectivity index (χ4v) is 2.76. The van der Waals surface area contributed by atoms with Crippen LogP contribution in [0, 0.1) is 0 Å². The summed E-state index contributed by atoms with van der Waals surface area (Å²) in [6.07, 6.45) is 6.47. The first-order chi connectivity index (χ1) is 11.2. The van der Waals surface area contributed by atoms with Gasteiger partial charge in [0.05, 0.1) is 6.54 Å². The fourth-order valence-electron chi connectivity index (χ4n) is 2.76. The van der Waals surface area contributed by atoms with Crippen molar-refractivity contribution >= 4 is 5.91 Å². The van der Waals surface area contributed by atoms with Crippen LogP contribution < -0.4 is 0 Å². The van der Waals surface area contributed by atoms with Crippen molar-refractivity contribution in [2.24, 2.45) is 7.05 Å². The highest BCUT2D eigenvalue weighted by atomic mass is 16.2.